The van der Waals surface area contributed by atoms with Crippen LogP contribution in [-0.2, 0) is 17.6 Å². The SMILES string of the molecule is O=C(Cc1ccccc1O)Nc1ccc(CCO)cc1. The highest BCUT2D eigenvalue weighted by Gasteiger charge is 2.07. The Kier molecular flexibility index (Phi) is 4.74. The van der Waals surface area contributed by atoms with Crippen LogP contribution in [0.3, 0.4) is 0 Å². The van der Waals surface area contributed by atoms with Crippen LogP contribution in [0.2, 0.25) is 0 Å². The molecule has 0 aliphatic heterocycles. The van der Waals surface area contributed by atoms with Crippen LogP contribution in [0.1, 0.15) is 11.1 Å². The molecule has 0 heterocycles. The van der Waals surface area contributed by atoms with E-state index >= 15 is 0 Å². The van der Waals surface area contributed by atoms with Gasteiger partial charge in [-0.2, -0.15) is 0 Å². The number of anilines is 1. The largest absolute Gasteiger partial charge is 0.508 e. The number of hydrogen-bond donors (Lipinski definition) is 3. The fourth-order valence-electron chi connectivity index (χ4n) is 1.92. The Morgan fingerprint density at radius 3 is 2.40 bits per heavy atom. The van der Waals surface area contributed by atoms with E-state index in [1.165, 1.54) is 0 Å². The first-order valence-electron chi connectivity index (χ1n) is 6.45. The standard InChI is InChI=1S/C16H17NO3/c18-10-9-12-5-7-14(8-6-12)17-16(20)11-13-3-1-2-4-15(13)19/h1-8,18-19H,9-11H2,(H,17,20). The summed E-state index contributed by atoms with van der Waals surface area (Å²) in [7, 11) is 0. The van der Waals surface area contributed by atoms with Crippen molar-refractivity contribution in [1.29, 1.82) is 0 Å². The van der Waals surface area contributed by atoms with Crippen LogP contribution in [0, 0.1) is 0 Å². The lowest BCUT2D eigenvalue weighted by Gasteiger charge is -2.07. The Bertz CT molecular complexity index is 579. The van der Waals surface area contributed by atoms with Crippen LogP contribution < -0.4 is 5.32 Å². The molecule has 2 aromatic rings. The molecular weight excluding hydrogens is 254 g/mol. The van der Waals surface area contributed by atoms with Crippen LogP contribution >= 0.6 is 0 Å². The third kappa shape index (κ3) is 3.83. The number of nitrogens with one attached hydrogen (secondary N) is 1. The second-order valence-electron chi connectivity index (χ2n) is 4.52. The second-order valence-corrected chi connectivity index (χ2v) is 4.52. The van der Waals surface area contributed by atoms with Crippen molar-refractivity contribution in [2.24, 2.45) is 0 Å². The fraction of sp³-hybridized carbons (Fsp3) is 0.188. The Morgan fingerprint density at radius 2 is 1.75 bits per heavy atom. The third-order valence-corrected chi connectivity index (χ3v) is 2.98. The van der Waals surface area contributed by atoms with Gasteiger partial charge in [0, 0.05) is 17.9 Å². The van der Waals surface area contributed by atoms with E-state index in [9.17, 15) is 9.90 Å². The normalized spacial score (nSPS) is 10.2. The van der Waals surface area contributed by atoms with E-state index in [-0.39, 0.29) is 24.7 Å². The maximum atomic E-state index is 11.9. The van der Waals surface area contributed by atoms with Crippen molar-refractivity contribution in [3.63, 3.8) is 0 Å². The molecule has 20 heavy (non-hydrogen) atoms. The van der Waals surface area contributed by atoms with Gasteiger partial charge in [0.05, 0.1) is 6.42 Å². The fourth-order valence-corrected chi connectivity index (χ4v) is 1.92. The van der Waals surface area contributed by atoms with Gasteiger partial charge in [-0.1, -0.05) is 30.3 Å². The van der Waals surface area contributed by atoms with Crippen LogP contribution in [0.4, 0.5) is 5.69 Å². The number of benzene rings is 2. The van der Waals surface area contributed by atoms with E-state index in [1.807, 2.05) is 12.1 Å². The van der Waals surface area contributed by atoms with Crippen LogP contribution in [0.15, 0.2) is 48.5 Å². The highest BCUT2D eigenvalue weighted by atomic mass is 16.3. The molecule has 0 aliphatic carbocycles. The number of carbonyl (C=O) groups is 1. The molecule has 0 saturated carbocycles. The Balaban J connectivity index is 1.96. The quantitative estimate of drug-likeness (QED) is 0.780. The van der Waals surface area contributed by atoms with Gasteiger partial charge >= 0.3 is 0 Å². The van der Waals surface area contributed by atoms with E-state index in [4.69, 9.17) is 5.11 Å². The lowest BCUT2D eigenvalue weighted by molar-refractivity contribution is -0.115. The van der Waals surface area contributed by atoms with Crippen molar-refractivity contribution in [3.05, 3.63) is 59.7 Å². The molecule has 2 aromatic carbocycles. The number of aliphatic hydroxyl groups is 1. The third-order valence-electron chi connectivity index (χ3n) is 2.98. The number of rotatable bonds is 5. The summed E-state index contributed by atoms with van der Waals surface area (Å²) in [5.41, 5.74) is 2.32. The van der Waals surface area contributed by atoms with Gasteiger partial charge in [-0.05, 0) is 30.2 Å². The van der Waals surface area contributed by atoms with E-state index in [1.54, 1.807) is 36.4 Å². The topological polar surface area (TPSA) is 69.6 Å². The van der Waals surface area contributed by atoms with Crippen molar-refractivity contribution in [3.8, 4) is 5.75 Å². The first kappa shape index (κ1) is 14.1. The van der Waals surface area contributed by atoms with E-state index < -0.39 is 0 Å². The summed E-state index contributed by atoms with van der Waals surface area (Å²) in [5.74, 6) is -0.0534. The molecule has 0 bridgehead atoms. The predicted molar refractivity (Wildman–Crippen MR) is 77.7 cm³/mol. The highest BCUT2D eigenvalue weighted by molar-refractivity contribution is 5.92. The average molecular weight is 271 g/mol. The lowest BCUT2D eigenvalue weighted by Crippen LogP contribution is -2.14. The summed E-state index contributed by atoms with van der Waals surface area (Å²) in [6.07, 6.45) is 0.733. The smallest absolute Gasteiger partial charge is 0.228 e. The van der Waals surface area contributed by atoms with Crippen molar-refractivity contribution in [2.45, 2.75) is 12.8 Å². The molecule has 0 aromatic heterocycles. The van der Waals surface area contributed by atoms with Crippen molar-refractivity contribution in [2.75, 3.05) is 11.9 Å². The Labute approximate surface area is 117 Å². The lowest BCUT2D eigenvalue weighted by atomic mass is 10.1. The molecular formula is C16H17NO3. The first-order valence-corrected chi connectivity index (χ1v) is 6.45. The Hall–Kier alpha value is -2.33. The molecule has 0 fully saturated rings. The number of amides is 1. The summed E-state index contributed by atoms with van der Waals surface area (Å²) in [6.45, 7) is 0.110. The zero-order chi connectivity index (χ0) is 14.4. The van der Waals surface area contributed by atoms with E-state index in [2.05, 4.69) is 5.32 Å². The minimum atomic E-state index is -0.179. The molecule has 3 N–H and O–H groups in total. The molecule has 0 atom stereocenters. The van der Waals surface area contributed by atoms with E-state index in [0.29, 0.717) is 17.7 Å². The van der Waals surface area contributed by atoms with Crippen molar-refractivity contribution >= 4 is 11.6 Å². The van der Waals surface area contributed by atoms with Gasteiger partial charge in [-0.25, -0.2) is 0 Å². The number of aliphatic hydroxyl groups excluding tert-OH is 1. The number of aromatic hydroxyl groups is 1. The van der Waals surface area contributed by atoms with Crippen molar-refractivity contribution < 1.29 is 15.0 Å². The van der Waals surface area contributed by atoms with Gasteiger partial charge in [-0.15, -0.1) is 0 Å². The number of phenolic OH excluding ortho intramolecular Hbond substituents is 1. The molecule has 0 unspecified atom stereocenters. The second kappa shape index (κ2) is 6.73. The minimum absolute atomic E-state index is 0.110. The number of carbonyl (C=O) groups excluding carboxylic acids is 1. The van der Waals surface area contributed by atoms with Crippen LogP contribution in [-0.4, -0.2) is 22.7 Å². The zero-order valence-electron chi connectivity index (χ0n) is 11.0. The molecule has 4 nitrogen and oxygen atoms in total. The summed E-state index contributed by atoms with van der Waals surface area (Å²) in [4.78, 5) is 11.9. The average Bonchev–Trinajstić information content (AvgIpc) is 2.44. The number of para-hydroxylation sites is 1. The summed E-state index contributed by atoms with van der Waals surface area (Å²) in [6, 6.07) is 14.1. The monoisotopic (exact) mass is 271 g/mol. The number of phenols is 1. The summed E-state index contributed by atoms with van der Waals surface area (Å²) < 4.78 is 0. The molecule has 104 valence electrons. The minimum Gasteiger partial charge on any atom is -0.508 e. The molecule has 0 aliphatic rings. The molecule has 1 amide bonds. The summed E-state index contributed by atoms with van der Waals surface area (Å²) in [5, 5.41) is 21.2. The zero-order valence-corrected chi connectivity index (χ0v) is 11.0. The van der Waals surface area contributed by atoms with Crippen molar-refractivity contribution in [1.82, 2.24) is 0 Å². The molecule has 0 radical (unpaired) electrons. The van der Waals surface area contributed by atoms with Crippen LogP contribution in [0.5, 0.6) is 5.75 Å². The maximum absolute atomic E-state index is 11.9. The van der Waals surface area contributed by atoms with Gasteiger partial charge in [0.25, 0.3) is 0 Å². The highest BCUT2D eigenvalue weighted by Crippen LogP contribution is 2.17. The maximum Gasteiger partial charge on any atom is 0.228 e. The van der Waals surface area contributed by atoms with Gasteiger partial charge in [0.2, 0.25) is 5.91 Å². The molecule has 2 rings (SSSR count). The molecule has 0 saturated heterocycles. The van der Waals surface area contributed by atoms with Gasteiger partial charge < -0.3 is 15.5 Å². The summed E-state index contributed by atoms with van der Waals surface area (Å²) >= 11 is 0. The molecule has 4 heteroatoms. The Morgan fingerprint density at radius 1 is 1.05 bits per heavy atom. The van der Waals surface area contributed by atoms with Gasteiger partial charge in [0.1, 0.15) is 5.75 Å². The number of hydrogen-bond acceptors (Lipinski definition) is 3. The van der Waals surface area contributed by atoms with Gasteiger partial charge in [-0.3, -0.25) is 4.79 Å². The predicted octanol–water partition coefficient (Wildman–Crippen LogP) is 2.11. The van der Waals surface area contributed by atoms with Crippen LogP contribution in [0.25, 0.3) is 0 Å². The first-order chi connectivity index (χ1) is 9.69. The van der Waals surface area contributed by atoms with Gasteiger partial charge in [0.15, 0.2) is 0 Å². The molecule has 0 spiro atoms. The van der Waals surface area contributed by atoms with E-state index in [0.717, 1.165) is 5.56 Å².